The van der Waals surface area contributed by atoms with E-state index in [1.54, 1.807) is 0 Å². The summed E-state index contributed by atoms with van der Waals surface area (Å²) >= 11 is 1.45. The predicted molar refractivity (Wildman–Crippen MR) is 124 cm³/mol. The Hall–Kier alpha value is -2.64. The highest BCUT2D eigenvalue weighted by Gasteiger charge is 2.39. The lowest BCUT2D eigenvalue weighted by Crippen LogP contribution is -2.34. The lowest BCUT2D eigenvalue weighted by Gasteiger charge is -2.15. The Kier molecular flexibility index (Phi) is 8.26. The number of nitrogens with zero attached hydrogens (tertiary/aromatic N) is 1. The monoisotopic (exact) mass is 442 g/mol. The highest BCUT2D eigenvalue weighted by atomic mass is 32.1. The summed E-state index contributed by atoms with van der Waals surface area (Å²) in [5, 5.41) is 5.08. The third kappa shape index (κ3) is 5.95. The molecule has 1 aliphatic rings. The van der Waals surface area contributed by atoms with E-state index in [0.717, 1.165) is 29.2 Å². The van der Waals surface area contributed by atoms with Crippen molar-refractivity contribution >= 4 is 34.4 Å². The van der Waals surface area contributed by atoms with E-state index in [2.05, 4.69) is 12.2 Å². The molecule has 2 amide bonds. The Balaban J connectivity index is 1.73. The fourth-order valence-electron chi connectivity index (χ4n) is 3.25. The van der Waals surface area contributed by atoms with E-state index in [0.29, 0.717) is 37.4 Å². The average molecular weight is 443 g/mol. The van der Waals surface area contributed by atoms with Crippen LogP contribution in [0.5, 0.6) is 5.75 Å². The second-order valence-corrected chi connectivity index (χ2v) is 8.57. The molecule has 0 unspecified atom stereocenters. The summed E-state index contributed by atoms with van der Waals surface area (Å²) in [7, 11) is 0. The number of amides is 2. The maximum Gasteiger partial charge on any atom is 0.278 e. The Labute approximate surface area is 187 Å². The van der Waals surface area contributed by atoms with Crippen LogP contribution in [-0.4, -0.2) is 42.6 Å². The number of carbonyl (C=O) groups is 2. The van der Waals surface area contributed by atoms with Crippen molar-refractivity contribution in [2.45, 2.75) is 46.1 Å². The molecule has 31 heavy (non-hydrogen) atoms. The SMILES string of the molecule is CCCCOCCCN1C(=O)C(Nc2ccc(OC(C)C)cc2)=C(c2cccs2)C1=O. The van der Waals surface area contributed by atoms with Gasteiger partial charge in [0.2, 0.25) is 0 Å². The third-order valence-electron chi connectivity index (χ3n) is 4.74. The Morgan fingerprint density at radius 3 is 2.42 bits per heavy atom. The number of nitrogens with one attached hydrogen (secondary N) is 1. The van der Waals surface area contributed by atoms with Crippen molar-refractivity contribution in [3.8, 4) is 5.75 Å². The van der Waals surface area contributed by atoms with Gasteiger partial charge in [0.1, 0.15) is 11.4 Å². The minimum absolute atomic E-state index is 0.0838. The maximum atomic E-state index is 13.1. The highest BCUT2D eigenvalue weighted by Crippen LogP contribution is 2.33. The van der Waals surface area contributed by atoms with Gasteiger partial charge in [0.05, 0.1) is 11.7 Å². The number of unbranched alkanes of at least 4 members (excludes halogenated alkanes) is 1. The third-order valence-corrected chi connectivity index (χ3v) is 5.63. The summed E-state index contributed by atoms with van der Waals surface area (Å²) in [6, 6.07) is 11.1. The summed E-state index contributed by atoms with van der Waals surface area (Å²) in [6.45, 7) is 7.63. The van der Waals surface area contributed by atoms with Crippen LogP contribution in [-0.2, 0) is 14.3 Å². The quantitative estimate of drug-likeness (QED) is 0.373. The van der Waals surface area contributed by atoms with E-state index in [1.807, 2.05) is 55.6 Å². The van der Waals surface area contributed by atoms with Gasteiger partial charge in [-0.3, -0.25) is 14.5 Å². The molecule has 0 spiro atoms. The lowest BCUT2D eigenvalue weighted by atomic mass is 10.2. The number of rotatable bonds is 12. The summed E-state index contributed by atoms with van der Waals surface area (Å²) in [6.07, 6.45) is 2.80. The first-order valence-electron chi connectivity index (χ1n) is 10.8. The minimum atomic E-state index is -0.301. The lowest BCUT2D eigenvalue weighted by molar-refractivity contribution is -0.137. The molecule has 0 bridgehead atoms. The number of benzene rings is 1. The standard InChI is InChI=1S/C24H30N2O4S/c1-4-5-14-29-15-7-13-26-23(27)21(20-8-6-16-31-20)22(24(26)28)25-18-9-11-19(12-10-18)30-17(2)3/h6,8-12,16-17,25H,4-5,7,13-15H2,1-3H3. The average Bonchev–Trinajstić information content (AvgIpc) is 3.34. The summed E-state index contributed by atoms with van der Waals surface area (Å²) in [5.41, 5.74) is 1.47. The molecule has 166 valence electrons. The fourth-order valence-corrected chi connectivity index (χ4v) is 4.02. The molecule has 0 saturated carbocycles. The van der Waals surface area contributed by atoms with E-state index in [9.17, 15) is 9.59 Å². The Morgan fingerprint density at radius 2 is 1.77 bits per heavy atom. The Bertz CT molecular complexity index is 904. The molecule has 6 nitrogen and oxygen atoms in total. The van der Waals surface area contributed by atoms with E-state index >= 15 is 0 Å². The molecular formula is C24H30N2O4S. The van der Waals surface area contributed by atoms with Gasteiger partial charge in [-0.2, -0.15) is 0 Å². The van der Waals surface area contributed by atoms with Crippen LogP contribution in [0, 0.1) is 0 Å². The molecule has 0 atom stereocenters. The van der Waals surface area contributed by atoms with Crippen LogP contribution in [0.4, 0.5) is 5.69 Å². The van der Waals surface area contributed by atoms with Gasteiger partial charge in [0, 0.05) is 30.3 Å². The second-order valence-electron chi connectivity index (χ2n) is 7.62. The molecule has 3 rings (SSSR count). The van der Waals surface area contributed by atoms with Gasteiger partial charge in [0.25, 0.3) is 11.8 Å². The van der Waals surface area contributed by atoms with Crippen LogP contribution in [0.25, 0.3) is 5.57 Å². The van der Waals surface area contributed by atoms with E-state index in [1.165, 1.54) is 16.2 Å². The molecule has 2 heterocycles. The van der Waals surface area contributed by atoms with Gasteiger partial charge in [0.15, 0.2) is 0 Å². The summed E-state index contributed by atoms with van der Waals surface area (Å²) in [4.78, 5) is 28.3. The summed E-state index contributed by atoms with van der Waals surface area (Å²) < 4.78 is 11.3. The number of thiophene rings is 1. The van der Waals surface area contributed by atoms with Crippen molar-refractivity contribution in [3.63, 3.8) is 0 Å². The molecule has 1 aromatic heterocycles. The van der Waals surface area contributed by atoms with Crippen molar-refractivity contribution in [1.29, 1.82) is 0 Å². The zero-order valence-corrected chi connectivity index (χ0v) is 19.2. The van der Waals surface area contributed by atoms with Gasteiger partial charge in [-0.1, -0.05) is 19.4 Å². The minimum Gasteiger partial charge on any atom is -0.491 e. The van der Waals surface area contributed by atoms with Gasteiger partial charge < -0.3 is 14.8 Å². The van der Waals surface area contributed by atoms with Crippen molar-refractivity contribution in [2.24, 2.45) is 0 Å². The molecule has 0 radical (unpaired) electrons. The second kappa shape index (κ2) is 11.1. The zero-order valence-electron chi connectivity index (χ0n) is 18.3. The van der Waals surface area contributed by atoms with Crippen molar-refractivity contribution in [1.82, 2.24) is 4.90 Å². The van der Waals surface area contributed by atoms with Crippen LogP contribution in [0.2, 0.25) is 0 Å². The number of imide groups is 1. The molecule has 7 heteroatoms. The van der Waals surface area contributed by atoms with E-state index < -0.39 is 0 Å². The topological polar surface area (TPSA) is 67.9 Å². The number of anilines is 1. The molecule has 0 fully saturated rings. The van der Waals surface area contributed by atoms with Crippen LogP contribution in [0.1, 0.15) is 44.9 Å². The van der Waals surface area contributed by atoms with E-state index in [-0.39, 0.29) is 17.9 Å². The molecule has 0 aliphatic carbocycles. The predicted octanol–water partition coefficient (Wildman–Crippen LogP) is 4.93. The molecule has 2 aromatic rings. The largest absolute Gasteiger partial charge is 0.491 e. The molecule has 1 aromatic carbocycles. The molecule has 1 N–H and O–H groups in total. The number of hydrogen-bond acceptors (Lipinski definition) is 6. The van der Waals surface area contributed by atoms with Crippen LogP contribution >= 0.6 is 11.3 Å². The van der Waals surface area contributed by atoms with Gasteiger partial charge in [-0.05, 0) is 62.4 Å². The number of ether oxygens (including phenoxy) is 2. The van der Waals surface area contributed by atoms with Gasteiger partial charge in [-0.25, -0.2) is 0 Å². The normalized spacial score (nSPS) is 14.1. The number of hydrogen-bond donors (Lipinski definition) is 1. The van der Waals surface area contributed by atoms with Crippen molar-refractivity contribution < 1.29 is 19.1 Å². The van der Waals surface area contributed by atoms with Gasteiger partial charge >= 0.3 is 0 Å². The molecular weight excluding hydrogens is 412 g/mol. The molecule has 1 aliphatic heterocycles. The maximum absolute atomic E-state index is 13.1. The first-order chi connectivity index (χ1) is 15.0. The smallest absolute Gasteiger partial charge is 0.278 e. The Morgan fingerprint density at radius 1 is 1.03 bits per heavy atom. The fraction of sp³-hybridized carbons (Fsp3) is 0.417. The van der Waals surface area contributed by atoms with Crippen LogP contribution in [0.15, 0.2) is 47.5 Å². The van der Waals surface area contributed by atoms with Crippen LogP contribution < -0.4 is 10.1 Å². The van der Waals surface area contributed by atoms with E-state index in [4.69, 9.17) is 9.47 Å². The zero-order chi connectivity index (χ0) is 22.2. The first-order valence-corrected chi connectivity index (χ1v) is 11.6. The van der Waals surface area contributed by atoms with Gasteiger partial charge in [-0.15, -0.1) is 11.3 Å². The highest BCUT2D eigenvalue weighted by molar-refractivity contribution is 7.11. The van der Waals surface area contributed by atoms with Crippen LogP contribution in [0.3, 0.4) is 0 Å². The first kappa shape index (κ1) is 23.0. The van der Waals surface area contributed by atoms with Crippen molar-refractivity contribution in [2.75, 3.05) is 25.1 Å². The molecule has 0 saturated heterocycles. The number of carbonyl (C=O) groups excluding carboxylic acids is 2. The summed E-state index contributed by atoms with van der Waals surface area (Å²) in [5.74, 6) is 0.194. The van der Waals surface area contributed by atoms with Crippen molar-refractivity contribution in [3.05, 3.63) is 52.4 Å².